The number of hydrogen-bond donors (Lipinski definition) is 1. The molecule has 1 aromatic rings. The number of aromatic nitrogens is 1. The van der Waals surface area contributed by atoms with E-state index in [1.54, 1.807) is 0 Å². The Kier molecular flexibility index (Phi) is 5.47. The van der Waals surface area contributed by atoms with E-state index in [-0.39, 0.29) is 11.6 Å². The topological polar surface area (TPSA) is 37.4 Å². The lowest BCUT2D eigenvalue weighted by Crippen LogP contribution is -2.35. The highest BCUT2D eigenvalue weighted by Gasteiger charge is 2.19. The smallest absolute Gasteiger partial charge is 0.147 e. The molecule has 0 aromatic carbocycles. The molecule has 1 unspecified atom stereocenters. The zero-order valence-electron chi connectivity index (χ0n) is 13.4. The van der Waals surface area contributed by atoms with Gasteiger partial charge in [0.25, 0.3) is 0 Å². The molecule has 0 aliphatic carbocycles. The fourth-order valence-corrected chi connectivity index (χ4v) is 2.66. The van der Waals surface area contributed by atoms with Crippen molar-refractivity contribution in [3.63, 3.8) is 0 Å². The van der Waals surface area contributed by atoms with Crippen molar-refractivity contribution in [3.05, 3.63) is 22.8 Å². The Morgan fingerprint density at radius 2 is 2.24 bits per heavy atom. The number of nitrogens with one attached hydrogen (secondary N) is 1. The van der Waals surface area contributed by atoms with Gasteiger partial charge in [0.1, 0.15) is 5.82 Å². The first-order valence-electron chi connectivity index (χ1n) is 7.61. The Hall–Kier alpha value is -0.840. The van der Waals surface area contributed by atoms with Crippen LogP contribution in [0.1, 0.15) is 39.7 Å². The number of nitrogens with zero attached hydrogens (tertiary/aromatic N) is 2. The van der Waals surface area contributed by atoms with Crippen LogP contribution in [-0.4, -0.2) is 36.3 Å². The largest absolute Gasteiger partial charge is 0.377 e. The maximum Gasteiger partial charge on any atom is 0.147 e. The summed E-state index contributed by atoms with van der Waals surface area (Å²) < 4.78 is 5.67. The molecule has 1 aromatic heterocycles. The number of rotatable bonds is 3. The molecule has 0 radical (unpaired) electrons. The molecule has 4 nitrogen and oxygen atoms in total. The van der Waals surface area contributed by atoms with Crippen LogP contribution in [0.5, 0.6) is 0 Å². The Morgan fingerprint density at radius 3 is 2.90 bits per heavy atom. The van der Waals surface area contributed by atoms with Crippen LogP contribution < -0.4 is 10.2 Å². The van der Waals surface area contributed by atoms with Gasteiger partial charge >= 0.3 is 0 Å². The standard InChI is InChI=1S/C16H26ClN3O/c1-12-11-20(6-5-7-21-12)15-14(17)8-13(9-18-15)10-19-16(2,3)4/h8-9,12,19H,5-7,10-11H2,1-4H3. The van der Waals surface area contributed by atoms with Crippen molar-refractivity contribution in [1.82, 2.24) is 10.3 Å². The van der Waals surface area contributed by atoms with E-state index in [4.69, 9.17) is 16.3 Å². The molecule has 1 N–H and O–H groups in total. The summed E-state index contributed by atoms with van der Waals surface area (Å²) in [6, 6.07) is 2.01. The Balaban J connectivity index is 2.07. The molecule has 0 saturated carbocycles. The molecule has 2 rings (SSSR count). The summed E-state index contributed by atoms with van der Waals surface area (Å²) in [5.74, 6) is 0.869. The fraction of sp³-hybridized carbons (Fsp3) is 0.688. The van der Waals surface area contributed by atoms with Gasteiger partial charge in [-0.25, -0.2) is 4.98 Å². The molecule has 0 amide bonds. The van der Waals surface area contributed by atoms with Crippen molar-refractivity contribution < 1.29 is 4.74 Å². The Bertz CT molecular complexity index is 473. The lowest BCUT2D eigenvalue weighted by Gasteiger charge is -2.25. The van der Waals surface area contributed by atoms with Crippen LogP contribution in [0.15, 0.2) is 12.3 Å². The van der Waals surface area contributed by atoms with E-state index < -0.39 is 0 Å². The van der Waals surface area contributed by atoms with Crippen molar-refractivity contribution in [2.24, 2.45) is 0 Å². The van der Waals surface area contributed by atoms with Gasteiger partial charge < -0.3 is 15.0 Å². The van der Waals surface area contributed by atoms with Gasteiger partial charge in [-0.1, -0.05) is 11.6 Å². The van der Waals surface area contributed by atoms with Crippen LogP contribution in [0.25, 0.3) is 0 Å². The molecular formula is C16H26ClN3O. The minimum Gasteiger partial charge on any atom is -0.377 e. The van der Waals surface area contributed by atoms with Gasteiger partial charge in [-0.15, -0.1) is 0 Å². The van der Waals surface area contributed by atoms with E-state index >= 15 is 0 Å². The molecule has 0 bridgehead atoms. The van der Waals surface area contributed by atoms with E-state index in [0.29, 0.717) is 0 Å². The van der Waals surface area contributed by atoms with E-state index in [1.165, 1.54) is 0 Å². The number of hydrogen-bond acceptors (Lipinski definition) is 4. The van der Waals surface area contributed by atoms with E-state index in [1.807, 2.05) is 12.3 Å². The average Bonchev–Trinajstić information content (AvgIpc) is 2.60. The molecule has 1 aliphatic heterocycles. The summed E-state index contributed by atoms with van der Waals surface area (Å²) in [7, 11) is 0. The van der Waals surface area contributed by atoms with Crippen molar-refractivity contribution in [2.75, 3.05) is 24.6 Å². The van der Waals surface area contributed by atoms with Gasteiger partial charge in [0, 0.05) is 38.0 Å². The fourth-order valence-electron chi connectivity index (χ4n) is 2.35. The summed E-state index contributed by atoms with van der Waals surface area (Å²) in [6.45, 7) is 11.9. The summed E-state index contributed by atoms with van der Waals surface area (Å²) in [5, 5.41) is 4.17. The zero-order valence-corrected chi connectivity index (χ0v) is 14.2. The van der Waals surface area contributed by atoms with Crippen LogP contribution in [0.4, 0.5) is 5.82 Å². The molecule has 21 heavy (non-hydrogen) atoms. The first kappa shape index (κ1) is 16.5. The Morgan fingerprint density at radius 1 is 1.48 bits per heavy atom. The summed E-state index contributed by atoms with van der Waals surface area (Å²) in [5.41, 5.74) is 1.20. The maximum atomic E-state index is 6.44. The lowest BCUT2D eigenvalue weighted by molar-refractivity contribution is 0.0820. The average molecular weight is 312 g/mol. The molecule has 1 fully saturated rings. The van der Waals surface area contributed by atoms with Gasteiger partial charge in [0.05, 0.1) is 11.1 Å². The van der Waals surface area contributed by atoms with Gasteiger partial charge in [0.15, 0.2) is 0 Å². The highest BCUT2D eigenvalue weighted by atomic mass is 35.5. The molecule has 1 atom stereocenters. The molecule has 0 spiro atoms. The second-order valence-electron chi connectivity index (χ2n) is 6.73. The van der Waals surface area contributed by atoms with Gasteiger partial charge in [0.2, 0.25) is 0 Å². The van der Waals surface area contributed by atoms with Gasteiger partial charge in [-0.3, -0.25) is 0 Å². The minimum atomic E-state index is 0.0860. The molecule has 5 heteroatoms. The van der Waals surface area contributed by atoms with Crippen molar-refractivity contribution >= 4 is 17.4 Å². The second-order valence-corrected chi connectivity index (χ2v) is 7.14. The first-order valence-corrected chi connectivity index (χ1v) is 7.99. The van der Waals surface area contributed by atoms with Crippen molar-refractivity contribution in [1.29, 1.82) is 0 Å². The Labute approximate surface area is 132 Å². The molecular weight excluding hydrogens is 286 g/mol. The number of halogens is 1. The second kappa shape index (κ2) is 6.95. The highest BCUT2D eigenvalue weighted by molar-refractivity contribution is 6.33. The van der Waals surface area contributed by atoms with Gasteiger partial charge in [-0.05, 0) is 45.7 Å². The van der Waals surface area contributed by atoms with E-state index in [0.717, 1.165) is 49.1 Å². The zero-order chi connectivity index (χ0) is 15.5. The number of anilines is 1. The quantitative estimate of drug-likeness (QED) is 0.930. The minimum absolute atomic E-state index is 0.0860. The first-order chi connectivity index (χ1) is 9.85. The number of ether oxygens (including phenoxy) is 1. The molecule has 2 heterocycles. The third-order valence-electron chi connectivity index (χ3n) is 3.45. The summed E-state index contributed by atoms with van der Waals surface area (Å²) >= 11 is 6.44. The normalized spacial score (nSPS) is 20.4. The molecule has 1 aliphatic rings. The molecule has 118 valence electrons. The SMILES string of the molecule is CC1CN(c2ncc(CNC(C)(C)C)cc2Cl)CCCO1. The number of pyridine rings is 1. The summed E-state index contributed by atoms with van der Waals surface area (Å²) in [6.07, 6.45) is 3.14. The van der Waals surface area contributed by atoms with Crippen molar-refractivity contribution in [3.8, 4) is 0 Å². The maximum absolute atomic E-state index is 6.44. The lowest BCUT2D eigenvalue weighted by atomic mass is 10.1. The molecule has 1 saturated heterocycles. The third kappa shape index (κ3) is 5.13. The van der Waals surface area contributed by atoms with Crippen LogP contribution in [0.3, 0.4) is 0 Å². The predicted octanol–water partition coefficient (Wildman–Crippen LogP) is 3.24. The van der Waals surface area contributed by atoms with Crippen molar-refractivity contribution in [2.45, 2.75) is 52.3 Å². The highest BCUT2D eigenvalue weighted by Crippen LogP contribution is 2.26. The monoisotopic (exact) mass is 311 g/mol. The third-order valence-corrected chi connectivity index (χ3v) is 3.73. The van der Waals surface area contributed by atoms with Crippen LogP contribution in [0, 0.1) is 0 Å². The van der Waals surface area contributed by atoms with E-state index in [2.05, 4.69) is 42.9 Å². The van der Waals surface area contributed by atoms with Crippen LogP contribution >= 0.6 is 11.6 Å². The summed E-state index contributed by atoms with van der Waals surface area (Å²) in [4.78, 5) is 6.80. The van der Waals surface area contributed by atoms with Crippen LogP contribution in [0.2, 0.25) is 5.02 Å². The van der Waals surface area contributed by atoms with Gasteiger partial charge in [-0.2, -0.15) is 0 Å². The van der Waals surface area contributed by atoms with Crippen LogP contribution in [-0.2, 0) is 11.3 Å². The van der Waals surface area contributed by atoms with E-state index in [9.17, 15) is 0 Å². The predicted molar refractivity (Wildman–Crippen MR) is 88.1 cm³/mol.